The summed E-state index contributed by atoms with van der Waals surface area (Å²) in [6.07, 6.45) is 0.557. The largest absolute Gasteiger partial charge is 0.401 e. The molecule has 1 unspecified atom stereocenters. The third-order valence-electron chi connectivity index (χ3n) is 4.43. The topological polar surface area (TPSA) is 43.1 Å². The van der Waals surface area contributed by atoms with Crippen molar-refractivity contribution in [1.82, 2.24) is 0 Å². The molecule has 1 atom stereocenters. The fourth-order valence-corrected chi connectivity index (χ4v) is 3.27. The van der Waals surface area contributed by atoms with Crippen molar-refractivity contribution >= 4 is 23.0 Å². The average Bonchev–Trinajstić information content (AvgIpc) is 2.77. The van der Waals surface area contributed by atoms with Gasteiger partial charge in [0.15, 0.2) is 5.78 Å². The molecule has 2 aromatic rings. The molecule has 0 saturated heterocycles. The van der Waals surface area contributed by atoms with Gasteiger partial charge in [0.2, 0.25) is 0 Å². The minimum atomic E-state index is -0.228. The maximum atomic E-state index is 12.9. The number of halogens is 1. The number of nitrogens with two attached hydrogens (primary N) is 1. The number of benzene rings is 2. The van der Waals surface area contributed by atoms with Crippen LogP contribution >= 0.6 is 11.6 Å². The van der Waals surface area contributed by atoms with E-state index in [9.17, 15) is 4.79 Å². The Hall–Kier alpha value is -2.06. The monoisotopic (exact) mass is 311 g/mol. The van der Waals surface area contributed by atoms with Crippen molar-refractivity contribution in [2.45, 2.75) is 26.2 Å². The zero-order valence-electron chi connectivity index (χ0n) is 12.7. The molecule has 0 bridgehead atoms. The van der Waals surface area contributed by atoms with Gasteiger partial charge in [0.1, 0.15) is 0 Å². The molecule has 0 aliphatic heterocycles. The number of aryl methyl sites for hydroxylation is 1. The van der Waals surface area contributed by atoms with E-state index in [1.165, 1.54) is 0 Å². The molecule has 22 heavy (non-hydrogen) atoms. The standard InChI is InChI=1S/C19H18ClNO/c1-11-5-3-8-15(12(11)2)18-17(21)10-16(19(18)22)13-6-4-7-14(20)9-13/h3-9,16H,10,21H2,1-2H3. The molecular weight excluding hydrogens is 294 g/mol. The summed E-state index contributed by atoms with van der Waals surface area (Å²) in [5.41, 5.74) is 11.7. The molecule has 0 fully saturated rings. The van der Waals surface area contributed by atoms with Gasteiger partial charge in [-0.1, -0.05) is 41.9 Å². The Bertz CT molecular complexity index is 792. The minimum absolute atomic E-state index is 0.0912. The number of allylic oxidation sites excluding steroid dienone is 2. The molecule has 0 amide bonds. The lowest BCUT2D eigenvalue weighted by atomic mass is 9.90. The summed E-state index contributed by atoms with van der Waals surface area (Å²) >= 11 is 6.05. The molecule has 1 aliphatic carbocycles. The molecule has 0 spiro atoms. The van der Waals surface area contributed by atoms with E-state index in [0.29, 0.717) is 22.7 Å². The van der Waals surface area contributed by atoms with Gasteiger partial charge in [-0.05, 0) is 48.2 Å². The summed E-state index contributed by atoms with van der Waals surface area (Å²) in [6, 6.07) is 13.5. The Labute approximate surface area is 135 Å². The molecule has 0 heterocycles. The number of hydrogen-bond acceptors (Lipinski definition) is 2. The molecule has 2 N–H and O–H groups in total. The fraction of sp³-hybridized carbons (Fsp3) is 0.211. The summed E-state index contributed by atoms with van der Waals surface area (Å²) in [6.45, 7) is 4.08. The summed E-state index contributed by atoms with van der Waals surface area (Å²) in [7, 11) is 0. The Morgan fingerprint density at radius 1 is 1.14 bits per heavy atom. The molecule has 3 rings (SSSR count). The number of Topliss-reactive ketones (excluding diaryl/α,β-unsaturated/α-hetero) is 1. The maximum absolute atomic E-state index is 12.9. The van der Waals surface area contributed by atoms with E-state index in [0.717, 1.165) is 22.3 Å². The van der Waals surface area contributed by atoms with Crippen LogP contribution < -0.4 is 5.73 Å². The second-order valence-corrected chi connectivity index (χ2v) is 6.26. The van der Waals surface area contributed by atoms with E-state index in [-0.39, 0.29) is 11.7 Å². The number of rotatable bonds is 2. The highest BCUT2D eigenvalue weighted by atomic mass is 35.5. The van der Waals surface area contributed by atoms with Crippen LogP contribution in [0.1, 0.15) is 34.6 Å². The smallest absolute Gasteiger partial charge is 0.173 e. The van der Waals surface area contributed by atoms with Crippen LogP contribution in [0.25, 0.3) is 5.57 Å². The molecule has 3 heteroatoms. The van der Waals surface area contributed by atoms with Crippen LogP contribution in [0.5, 0.6) is 0 Å². The first kappa shape index (κ1) is 14.9. The molecular formula is C19H18ClNO. The first-order valence-electron chi connectivity index (χ1n) is 7.34. The van der Waals surface area contributed by atoms with Crippen LogP contribution in [0.3, 0.4) is 0 Å². The lowest BCUT2D eigenvalue weighted by Gasteiger charge is -2.12. The van der Waals surface area contributed by atoms with Crippen molar-refractivity contribution in [1.29, 1.82) is 0 Å². The highest BCUT2D eigenvalue weighted by Gasteiger charge is 2.34. The van der Waals surface area contributed by atoms with Gasteiger partial charge in [-0.3, -0.25) is 4.79 Å². The first-order valence-corrected chi connectivity index (χ1v) is 7.71. The Morgan fingerprint density at radius 2 is 1.86 bits per heavy atom. The summed E-state index contributed by atoms with van der Waals surface area (Å²) < 4.78 is 0. The summed E-state index contributed by atoms with van der Waals surface area (Å²) in [5, 5.41) is 0.643. The molecule has 1 aliphatic rings. The molecule has 0 radical (unpaired) electrons. The first-order chi connectivity index (χ1) is 10.5. The summed E-state index contributed by atoms with van der Waals surface area (Å²) in [5.74, 6) is -0.137. The van der Waals surface area contributed by atoms with Gasteiger partial charge in [-0.2, -0.15) is 0 Å². The van der Waals surface area contributed by atoms with Crippen LogP contribution in [-0.4, -0.2) is 5.78 Å². The Balaban J connectivity index is 2.03. The normalized spacial score (nSPS) is 18.1. The zero-order chi connectivity index (χ0) is 15.9. The zero-order valence-corrected chi connectivity index (χ0v) is 13.4. The quantitative estimate of drug-likeness (QED) is 0.894. The third-order valence-corrected chi connectivity index (χ3v) is 4.67. The van der Waals surface area contributed by atoms with Crippen molar-refractivity contribution in [2.24, 2.45) is 5.73 Å². The number of carbonyl (C=O) groups is 1. The van der Waals surface area contributed by atoms with Crippen molar-refractivity contribution in [3.8, 4) is 0 Å². The lowest BCUT2D eigenvalue weighted by Crippen LogP contribution is -2.09. The van der Waals surface area contributed by atoms with Crippen molar-refractivity contribution in [3.63, 3.8) is 0 Å². The van der Waals surface area contributed by atoms with Crippen molar-refractivity contribution < 1.29 is 4.79 Å². The second-order valence-electron chi connectivity index (χ2n) is 5.82. The van der Waals surface area contributed by atoms with E-state index < -0.39 is 0 Å². The SMILES string of the molecule is Cc1cccc(C2=C(N)CC(c3cccc(Cl)c3)C2=O)c1C. The van der Waals surface area contributed by atoms with E-state index in [1.54, 1.807) is 0 Å². The molecule has 2 aromatic carbocycles. The average molecular weight is 312 g/mol. The number of hydrogen-bond donors (Lipinski definition) is 1. The van der Waals surface area contributed by atoms with Gasteiger partial charge in [0.25, 0.3) is 0 Å². The van der Waals surface area contributed by atoms with E-state index in [2.05, 4.69) is 0 Å². The number of ketones is 1. The highest BCUT2D eigenvalue weighted by molar-refractivity contribution is 6.31. The molecule has 0 aromatic heterocycles. The van der Waals surface area contributed by atoms with Gasteiger partial charge < -0.3 is 5.73 Å². The summed E-state index contributed by atoms with van der Waals surface area (Å²) in [4.78, 5) is 12.9. The molecule has 2 nitrogen and oxygen atoms in total. The van der Waals surface area contributed by atoms with Crippen LogP contribution in [-0.2, 0) is 4.79 Å². The predicted octanol–water partition coefficient (Wildman–Crippen LogP) is 4.38. The number of carbonyl (C=O) groups excluding carboxylic acids is 1. The van der Waals surface area contributed by atoms with Gasteiger partial charge in [0.05, 0.1) is 5.92 Å². The maximum Gasteiger partial charge on any atom is 0.173 e. The second kappa shape index (κ2) is 5.62. The van der Waals surface area contributed by atoms with E-state index in [4.69, 9.17) is 17.3 Å². The highest BCUT2D eigenvalue weighted by Crippen LogP contribution is 2.40. The third kappa shape index (κ3) is 2.44. The van der Waals surface area contributed by atoms with Crippen LogP contribution in [0.4, 0.5) is 0 Å². The van der Waals surface area contributed by atoms with Crippen LogP contribution in [0, 0.1) is 13.8 Å². The van der Waals surface area contributed by atoms with Crippen molar-refractivity contribution in [2.75, 3.05) is 0 Å². The lowest BCUT2D eigenvalue weighted by molar-refractivity contribution is -0.114. The van der Waals surface area contributed by atoms with Crippen LogP contribution in [0.2, 0.25) is 5.02 Å². The van der Waals surface area contributed by atoms with E-state index in [1.807, 2.05) is 56.3 Å². The van der Waals surface area contributed by atoms with Crippen LogP contribution in [0.15, 0.2) is 48.2 Å². The Morgan fingerprint density at radius 3 is 2.59 bits per heavy atom. The van der Waals surface area contributed by atoms with Gasteiger partial charge >= 0.3 is 0 Å². The minimum Gasteiger partial charge on any atom is -0.401 e. The van der Waals surface area contributed by atoms with Gasteiger partial charge in [-0.15, -0.1) is 0 Å². The Kier molecular flexibility index (Phi) is 3.79. The van der Waals surface area contributed by atoms with Gasteiger partial charge in [0, 0.05) is 22.7 Å². The fourth-order valence-electron chi connectivity index (χ4n) is 3.07. The molecule has 0 saturated carbocycles. The molecule has 112 valence electrons. The predicted molar refractivity (Wildman–Crippen MR) is 90.8 cm³/mol. The van der Waals surface area contributed by atoms with Crippen molar-refractivity contribution in [3.05, 3.63) is 75.4 Å². The van der Waals surface area contributed by atoms with Gasteiger partial charge in [-0.25, -0.2) is 0 Å². The van der Waals surface area contributed by atoms with E-state index >= 15 is 0 Å².